The van der Waals surface area contributed by atoms with E-state index in [0.29, 0.717) is 0 Å². The van der Waals surface area contributed by atoms with E-state index in [-0.39, 0.29) is 0 Å². The van der Waals surface area contributed by atoms with Crippen molar-refractivity contribution < 1.29 is 0 Å². The number of aryl methyl sites for hydroxylation is 2. The third-order valence-electron chi connectivity index (χ3n) is 8.60. The molecule has 37 heavy (non-hydrogen) atoms. The van der Waals surface area contributed by atoms with Crippen molar-refractivity contribution >= 4 is 73.6 Å². The maximum absolute atomic E-state index is 2.51. The van der Waals surface area contributed by atoms with Crippen molar-refractivity contribution in [2.45, 2.75) is 26.9 Å². The van der Waals surface area contributed by atoms with Crippen molar-refractivity contribution in [1.82, 2.24) is 4.40 Å². The fraction of sp³-hybridized carbons (Fsp3) is 0.118. The lowest BCUT2D eigenvalue weighted by Crippen LogP contribution is -2.58. The van der Waals surface area contributed by atoms with E-state index in [9.17, 15) is 0 Å². The molecule has 0 aliphatic carbocycles. The summed E-state index contributed by atoms with van der Waals surface area (Å²) in [6.45, 7) is 9.44. The second-order valence-corrected chi connectivity index (χ2v) is 15.6. The van der Waals surface area contributed by atoms with Crippen LogP contribution in [-0.4, -0.2) is 12.5 Å². The van der Waals surface area contributed by atoms with Gasteiger partial charge in [0.25, 0.3) is 0 Å². The Morgan fingerprint density at radius 2 is 1.14 bits per heavy atom. The van der Waals surface area contributed by atoms with Crippen molar-refractivity contribution in [2.24, 2.45) is 0 Å². The monoisotopic (exact) mass is 492 g/mol. The normalized spacial score (nSPS) is 14.6. The Morgan fingerprint density at radius 3 is 1.84 bits per heavy atom. The Hall–Kier alpha value is -4.08. The summed E-state index contributed by atoms with van der Waals surface area (Å²) in [6.07, 6.45) is 0. The third kappa shape index (κ3) is 2.65. The van der Waals surface area contributed by atoms with E-state index in [2.05, 4.69) is 133 Å². The van der Waals surface area contributed by atoms with Gasteiger partial charge in [-0.25, -0.2) is 0 Å². The lowest BCUT2D eigenvalue weighted by Gasteiger charge is -2.41. The number of rotatable bonds is 1. The quantitative estimate of drug-likeness (QED) is 0.210. The molecule has 0 saturated heterocycles. The van der Waals surface area contributed by atoms with E-state index in [1.807, 2.05) is 0 Å². The molecule has 178 valence electrons. The summed E-state index contributed by atoms with van der Waals surface area (Å²) in [5.74, 6) is 0. The van der Waals surface area contributed by atoms with Crippen molar-refractivity contribution in [2.75, 3.05) is 4.90 Å². The number of fused-ring (bicyclic) bond motifs is 8. The molecule has 0 fully saturated rings. The van der Waals surface area contributed by atoms with Gasteiger partial charge in [0.2, 0.25) is 0 Å². The molecule has 8 rings (SSSR count). The molecule has 2 aromatic heterocycles. The molecule has 0 unspecified atom stereocenters. The van der Waals surface area contributed by atoms with Gasteiger partial charge >= 0.3 is 0 Å². The maximum Gasteiger partial charge on any atom is 0.117 e. The molecule has 5 aromatic carbocycles. The average molecular weight is 493 g/mol. The van der Waals surface area contributed by atoms with Gasteiger partial charge in [0, 0.05) is 38.6 Å². The third-order valence-corrected chi connectivity index (χ3v) is 12.1. The van der Waals surface area contributed by atoms with Gasteiger partial charge in [-0.15, -0.1) is 0 Å². The van der Waals surface area contributed by atoms with Gasteiger partial charge in [-0.1, -0.05) is 84.9 Å². The topological polar surface area (TPSA) is 7.65 Å². The zero-order chi connectivity index (χ0) is 25.1. The molecular formula is C34H28N2Si. The number of hydrogen-bond acceptors (Lipinski definition) is 1. The van der Waals surface area contributed by atoms with Crippen LogP contribution >= 0.6 is 0 Å². The van der Waals surface area contributed by atoms with Crippen LogP contribution in [0, 0.1) is 13.8 Å². The highest BCUT2D eigenvalue weighted by atomic mass is 28.3. The minimum atomic E-state index is -1.85. The summed E-state index contributed by atoms with van der Waals surface area (Å²) in [5, 5.41) is 8.33. The van der Waals surface area contributed by atoms with Gasteiger partial charge in [0.1, 0.15) is 8.07 Å². The van der Waals surface area contributed by atoms with Gasteiger partial charge < -0.3 is 9.30 Å². The van der Waals surface area contributed by atoms with Gasteiger partial charge in [-0.05, 0) is 60.6 Å². The number of para-hydroxylation sites is 2. The number of nitrogens with zero attached hydrogens (tertiary/aromatic N) is 2. The molecule has 0 spiro atoms. The molecule has 2 nitrogen and oxygen atoms in total. The first-order chi connectivity index (χ1) is 17.9. The van der Waals surface area contributed by atoms with Crippen LogP contribution in [0.2, 0.25) is 13.1 Å². The molecule has 0 saturated carbocycles. The van der Waals surface area contributed by atoms with Crippen LogP contribution in [0.3, 0.4) is 0 Å². The minimum absolute atomic E-state index is 1.23. The van der Waals surface area contributed by atoms with Crippen LogP contribution in [0.15, 0.2) is 97.1 Å². The van der Waals surface area contributed by atoms with Crippen molar-refractivity contribution in [3.8, 4) is 0 Å². The summed E-state index contributed by atoms with van der Waals surface area (Å²) >= 11 is 0. The predicted octanol–water partition coefficient (Wildman–Crippen LogP) is 8.06. The van der Waals surface area contributed by atoms with Crippen molar-refractivity contribution in [3.05, 3.63) is 108 Å². The van der Waals surface area contributed by atoms with Crippen molar-refractivity contribution in [3.63, 3.8) is 0 Å². The fourth-order valence-electron chi connectivity index (χ4n) is 6.80. The van der Waals surface area contributed by atoms with E-state index in [1.54, 1.807) is 0 Å². The smallest absolute Gasteiger partial charge is 0.117 e. The second kappa shape index (κ2) is 7.02. The summed E-state index contributed by atoms with van der Waals surface area (Å²) in [5.41, 5.74) is 10.4. The Balaban J connectivity index is 1.46. The van der Waals surface area contributed by atoms with Crippen LogP contribution in [-0.2, 0) is 0 Å². The largest absolute Gasteiger partial charge is 0.311 e. The number of aromatic nitrogens is 1. The zero-order valence-electron chi connectivity index (χ0n) is 21.6. The standard InChI is InChI=1S/C34H28N2Si/c1-21-12-15-30-32(18-21)37(3,4)33-19-22(2)13-16-31(33)35(30)23-14-17-29-27(20-23)26-10-7-9-25-24-8-5-6-11-28(24)36(29)34(25)26/h5-20H,1-4H3. The van der Waals surface area contributed by atoms with E-state index in [0.717, 1.165) is 0 Å². The zero-order valence-corrected chi connectivity index (χ0v) is 22.6. The average Bonchev–Trinajstić information content (AvgIpc) is 3.42. The Morgan fingerprint density at radius 1 is 0.541 bits per heavy atom. The van der Waals surface area contributed by atoms with Gasteiger partial charge in [0.05, 0.1) is 16.6 Å². The highest BCUT2D eigenvalue weighted by Crippen LogP contribution is 2.43. The predicted molar refractivity (Wildman–Crippen MR) is 162 cm³/mol. The fourth-order valence-corrected chi connectivity index (χ4v) is 9.94. The summed E-state index contributed by atoms with van der Waals surface area (Å²) in [7, 11) is -1.85. The van der Waals surface area contributed by atoms with Gasteiger partial charge in [0.15, 0.2) is 0 Å². The van der Waals surface area contributed by atoms with Crippen LogP contribution < -0.4 is 15.3 Å². The summed E-state index contributed by atoms with van der Waals surface area (Å²) in [4.78, 5) is 2.51. The van der Waals surface area contributed by atoms with Crippen LogP contribution in [0.1, 0.15) is 11.1 Å². The summed E-state index contributed by atoms with van der Waals surface area (Å²) in [6, 6.07) is 36.7. The van der Waals surface area contributed by atoms with E-state index in [1.165, 1.54) is 76.7 Å². The molecule has 3 heteroatoms. The molecule has 0 N–H and O–H groups in total. The molecule has 0 radical (unpaired) electrons. The number of hydrogen-bond donors (Lipinski definition) is 0. The van der Waals surface area contributed by atoms with E-state index >= 15 is 0 Å². The minimum Gasteiger partial charge on any atom is -0.311 e. The highest BCUT2D eigenvalue weighted by Gasteiger charge is 2.38. The first kappa shape index (κ1) is 21.0. The second-order valence-electron chi connectivity index (χ2n) is 11.3. The Kier molecular flexibility index (Phi) is 3.99. The lowest BCUT2D eigenvalue weighted by atomic mass is 10.1. The SMILES string of the molecule is Cc1ccc2c(c1)[Si](C)(C)c1cc(C)ccc1N2c1ccc2c(c1)c1cccc3c4ccccc4n2c31. The number of anilines is 3. The van der Waals surface area contributed by atoms with Crippen LogP contribution in [0.5, 0.6) is 0 Å². The molecule has 7 aromatic rings. The highest BCUT2D eigenvalue weighted by molar-refractivity contribution is 7.02. The first-order valence-electron chi connectivity index (χ1n) is 13.1. The maximum atomic E-state index is 2.51. The number of benzene rings is 5. The van der Waals surface area contributed by atoms with Gasteiger partial charge in [-0.2, -0.15) is 0 Å². The molecule has 0 bridgehead atoms. The molecule has 3 heterocycles. The van der Waals surface area contributed by atoms with Crippen molar-refractivity contribution in [1.29, 1.82) is 0 Å². The van der Waals surface area contributed by atoms with Crippen LogP contribution in [0.25, 0.3) is 38.1 Å². The molecule has 1 aliphatic heterocycles. The molecule has 1 aliphatic rings. The Labute approximate surface area is 217 Å². The van der Waals surface area contributed by atoms with E-state index < -0.39 is 8.07 Å². The van der Waals surface area contributed by atoms with Gasteiger partial charge in [-0.3, -0.25) is 0 Å². The molecule has 0 atom stereocenters. The summed E-state index contributed by atoms with van der Waals surface area (Å²) < 4.78 is 2.46. The lowest BCUT2D eigenvalue weighted by molar-refractivity contribution is 1.27. The van der Waals surface area contributed by atoms with E-state index in [4.69, 9.17) is 0 Å². The van der Waals surface area contributed by atoms with Crippen LogP contribution in [0.4, 0.5) is 17.1 Å². The molecular weight excluding hydrogens is 464 g/mol. The first-order valence-corrected chi connectivity index (χ1v) is 16.1. The molecule has 0 amide bonds. The Bertz CT molecular complexity index is 1990.